The van der Waals surface area contributed by atoms with Crippen molar-refractivity contribution in [2.45, 2.75) is 52.0 Å². The van der Waals surface area contributed by atoms with Crippen LogP contribution in [-0.4, -0.2) is 35.6 Å². The van der Waals surface area contributed by atoms with E-state index in [0.717, 1.165) is 18.5 Å². The lowest BCUT2D eigenvalue weighted by Gasteiger charge is -2.27. The van der Waals surface area contributed by atoms with Crippen molar-refractivity contribution in [1.29, 1.82) is 0 Å². The molecule has 112 valence electrons. The second-order valence-electron chi connectivity index (χ2n) is 5.42. The Hall–Kier alpha value is -1.35. The first kappa shape index (κ1) is 16.7. The third kappa shape index (κ3) is 4.97. The van der Waals surface area contributed by atoms with Crippen LogP contribution in [0.5, 0.6) is 0 Å². The zero-order chi connectivity index (χ0) is 15.0. The molecule has 0 fully saturated rings. The van der Waals surface area contributed by atoms with Gasteiger partial charge in [-0.3, -0.25) is 0 Å². The van der Waals surface area contributed by atoms with E-state index in [2.05, 4.69) is 25.8 Å². The topological polar surface area (TPSA) is 40.5 Å². The molecule has 0 saturated carbocycles. The third-order valence-electron chi connectivity index (χ3n) is 3.85. The zero-order valence-electron chi connectivity index (χ0n) is 12.9. The van der Waals surface area contributed by atoms with Crippen LogP contribution in [0.1, 0.15) is 55.5 Å². The van der Waals surface area contributed by atoms with Crippen molar-refractivity contribution in [3.8, 4) is 0 Å². The monoisotopic (exact) mass is 277 g/mol. The maximum atomic E-state index is 11.2. The lowest BCUT2D eigenvalue weighted by atomic mass is 10.0. The summed E-state index contributed by atoms with van der Waals surface area (Å²) in [5.41, 5.74) is 1.36. The molecule has 1 N–H and O–H groups in total. The fourth-order valence-corrected chi connectivity index (χ4v) is 2.68. The first-order chi connectivity index (χ1) is 9.60. The fraction of sp³-hybridized carbons (Fsp3) is 0.588. The van der Waals surface area contributed by atoms with E-state index in [0.29, 0.717) is 11.6 Å². The molecule has 0 atom stereocenters. The Labute approximate surface area is 122 Å². The minimum Gasteiger partial charge on any atom is -0.478 e. The van der Waals surface area contributed by atoms with Crippen molar-refractivity contribution in [3.05, 3.63) is 35.4 Å². The van der Waals surface area contributed by atoms with Crippen molar-refractivity contribution < 1.29 is 9.90 Å². The summed E-state index contributed by atoms with van der Waals surface area (Å²) in [6, 6.07) is 7.92. The molecular weight excluding hydrogens is 250 g/mol. The van der Waals surface area contributed by atoms with Crippen molar-refractivity contribution in [2.24, 2.45) is 0 Å². The zero-order valence-corrected chi connectivity index (χ0v) is 12.9. The molecule has 0 saturated heterocycles. The van der Waals surface area contributed by atoms with Gasteiger partial charge in [-0.2, -0.15) is 0 Å². The molecule has 0 bridgehead atoms. The van der Waals surface area contributed by atoms with E-state index in [4.69, 9.17) is 0 Å². The van der Waals surface area contributed by atoms with Crippen LogP contribution < -0.4 is 0 Å². The van der Waals surface area contributed by atoms with Crippen LogP contribution in [0.4, 0.5) is 0 Å². The second kappa shape index (κ2) is 8.75. The van der Waals surface area contributed by atoms with E-state index in [9.17, 15) is 9.90 Å². The normalized spacial score (nSPS) is 11.2. The van der Waals surface area contributed by atoms with Gasteiger partial charge in [0.2, 0.25) is 0 Å². The highest BCUT2D eigenvalue weighted by Gasteiger charge is 2.14. The van der Waals surface area contributed by atoms with Gasteiger partial charge in [0, 0.05) is 12.6 Å². The standard InChI is InChI=1S/C17H27NO2/c1-4-8-15(9-5-2)18(3)13-12-14-10-6-7-11-16(14)17(19)20/h6-7,10-11,15H,4-5,8-9,12-13H2,1-3H3,(H,19,20). The van der Waals surface area contributed by atoms with E-state index in [1.165, 1.54) is 25.7 Å². The highest BCUT2D eigenvalue weighted by atomic mass is 16.4. The van der Waals surface area contributed by atoms with Crippen LogP contribution in [0.15, 0.2) is 24.3 Å². The van der Waals surface area contributed by atoms with Crippen molar-refractivity contribution in [3.63, 3.8) is 0 Å². The maximum absolute atomic E-state index is 11.2. The molecule has 3 heteroatoms. The van der Waals surface area contributed by atoms with Gasteiger partial charge in [-0.25, -0.2) is 4.79 Å². The number of aromatic carboxylic acids is 1. The molecule has 0 spiro atoms. The molecule has 20 heavy (non-hydrogen) atoms. The number of benzene rings is 1. The number of carboxylic acid groups (broad SMARTS) is 1. The number of nitrogens with zero attached hydrogens (tertiary/aromatic N) is 1. The molecule has 0 amide bonds. The van der Waals surface area contributed by atoms with Gasteiger partial charge in [0.1, 0.15) is 0 Å². The second-order valence-corrected chi connectivity index (χ2v) is 5.42. The predicted molar refractivity (Wildman–Crippen MR) is 83.3 cm³/mol. The number of hydrogen-bond donors (Lipinski definition) is 1. The molecule has 1 aromatic rings. The van der Waals surface area contributed by atoms with Gasteiger partial charge in [-0.05, 0) is 37.9 Å². The van der Waals surface area contributed by atoms with Gasteiger partial charge in [-0.1, -0.05) is 44.9 Å². The lowest BCUT2D eigenvalue weighted by Crippen LogP contribution is -2.33. The van der Waals surface area contributed by atoms with Gasteiger partial charge >= 0.3 is 5.97 Å². The van der Waals surface area contributed by atoms with Gasteiger partial charge < -0.3 is 10.0 Å². The maximum Gasteiger partial charge on any atom is 0.335 e. The average molecular weight is 277 g/mol. The Kier molecular flexibility index (Phi) is 7.31. The summed E-state index contributed by atoms with van der Waals surface area (Å²) in [4.78, 5) is 13.6. The van der Waals surface area contributed by atoms with Crippen LogP contribution >= 0.6 is 0 Å². The van der Waals surface area contributed by atoms with E-state index < -0.39 is 5.97 Å². The van der Waals surface area contributed by atoms with Crippen LogP contribution in [0, 0.1) is 0 Å². The van der Waals surface area contributed by atoms with Crippen LogP contribution in [0.25, 0.3) is 0 Å². The van der Waals surface area contributed by atoms with Crippen molar-refractivity contribution in [2.75, 3.05) is 13.6 Å². The minimum absolute atomic E-state index is 0.434. The molecule has 0 aromatic heterocycles. The molecule has 3 nitrogen and oxygen atoms in total. The highest BCUT2D eigenvalue weighted by Crippen LogP contribution is 2.14. The van der Waals surface area contributed by atoms with Crippen LogP contribution in [0.2, 0.25) is 0 Å². The van der Waals surface area contributed by atoms with Crippen LogP contribution in [-0.2, 0) is 6.42 Å². The smallest absolute Gasteiger partial charge is 0.335 e. The molecule has 0 unspecified atom stereocenters. The van der Waals surface area contributed by atoms with Crippen molar-refractivity contribution >= 4 is 5.97 Å². The van der Waals surface area contributed by atoms with Gasteiger partial charge in [-0.15, -0.1) is 0 Å². The Morgan fingerprint density at radius 1 is 1.20 bits per heavy atom. The Balaban J connectivity index is 2.63. The summed E-state index contributed by atoms with van der Waals surface area (Å²) < 4.78 is 0. The summed E-state index contributed by atoms with van der Waals surface area (Å²) in [6.07, 6.45) is 5.61. The van der Waals surface area contributed by atoms with E-state index in [1.54, 1.807) is 12.1 Å². The molecule has 0 heterocycles. The van der Waals surface area contributed by atoms with E-state index >= 15 is 0 Å². The SMILES string of the molecule is CCCC(CCC)N(C)CCc1ccccc1C(=O)O. The highest BCUT2D eigenvalue weighted by molar-refractivity contribution is 5.89. The predicted octanol–water partition coefficient (Wildman–Crippen LogP) is 3.83. The molecule has 0 aliphatic rings. The molecule has 0 aliphatic carbocycles. The summed E-state index contributed by atoms with van der Waals surface area (Å²) in [7, 11) is 2.15. The Morgan fingerprint density at radius 3 is 2.35 bits per heavy atom. The molecule has 0 aliphatic heterocycles. The van der Waals surface area contributed by atoms with Gasteiger partial charge in [0.05, 0.1) is 5.56 Å². The average Bonchev–Trinajstić information content (AvgIpc) is 2.44. The molecule has 1 aromatic carbocycles. The van der Waals surface area contributed by atoms with Crippen molar-refractivity contribution in [1.82, 2.24) is 4.90 Å². The number of carbonyl (C=O) groups is 1. The summed E-state index contributed by atoms with van der Waals surface area (Å²) in [5.74, 6) is -0.832. The summed E-state index contributed by atoms with van der Waals surface area (Å²) in [5, 5.41) is 9.19. The number of likely N-dealkylation sites (N-methyl/N-ethyl adjacent to an activating group) is 1. The number of rotatable bonds is 9. The Morgan fingerprint density at radius 2 is 1.80 bits per heavy atom. The van der Waals surface area contributed by atoms with E-state index in [-0.39, 0.29) is 0 Å². The largest absolute Gasteiger partial charge is 0.478 e. The Bertz CT molecular complexity index is 411. The fourth-order valence-electron chi connectivity index (χ4n) is 2.68. The van der Waals surface area contributed by atoms with Gasteiger partial charge in [0.15, 0.2) is 0 Å². The summed E-state index contributed by atoms with van der Waals surface area (Å²) in [6.45, 7) is 5.35. The third-order valence-corrected chi connectivity index (χ3v) is 3.85. The first-order valence-corrected chi connectivity index (χ1v) is 7.61. The lowest BCUT2D eigenvalue weighted by molar-refractivity contribution is 0.0695. The minimum atomic E-state index is -0.832. The first-order valence-electron chi connectivity index (χ1n) is 7.61. The quantitative estimate of drug-likeness (QED) is 0.746. The van der Waals surface area contributed by atoms with Gasteiger partial charge in [0.25, 0.3) is 0 Å². The number of hydrogen-bond acceptors (Lipinski definition) is 2. The summed E-state index contributed by atoms with van der Waals surface area (Å²) >= 11 is 0. The van der Waals surface area contributed by atoms with E-state index in [1.807, 2.05) is 12.1 Å². The number of carboxylic acids is 1. The molecule has 1 rings (SSSR count). The molecular formula is C17H27NO2. The van der Waals surface area contributed by atoms with Crippen LogP contribution in [0.3, 0.4) is 0 Å². The molecule has 0 radical (unpaired) electrons.